The lowest BCUT2D eigenvalue weighted by Gasteiger charge is -2.08. The molecule has 1 aliphatic carbocycles. The first-order valence-corrected chi connectivity index (χ1v) is 10.0. The van der Waals surface area contributed by atoms with Crippen LogP contribution in [0.5, 0.6) is 5.75 Å². The highest BCUT2D eigenvalue weighted by Gasteiger charge is 2.30. The van der Waals surface area contributed by atoms with Gasteiger partial charge in [0.2, 0.25) is 5.91 Å². The Morgan fingerprint density at radius 3 is 2.63 bits per heavy atom. The van der Waals surface area contributed by atoms with Crippen LogP contribution in [0, 0.1) is 5.92 Å². The first-order chi connectivity index (χ1) is 14.6. The van der Waals surface area contributed by atoms with Crippen LogP contribution in [0.2, 0.25) is 0 Å². The number of aromatic nitrogens is 2. The van der Waals surface area contributed by atoms with E-state index in [0.29, 0.717) is 18.8 Å². The number of methoxy groups -OCH3 is 1. The maximum atomic E-state index is 12.7. The Hall–Kier alpha value is -3.61. The number of ether oxygens (including phenoxy) is 1. The fourth-order valence-electron chi connectivity index (χ4n) is 3.16. The molecule has 3 aromatic rings. The molecule has 0 saturated heterocycles. The van der Waals surface area contributed by atoms with E-state index in [1.165, 1.54) is 0 Å². The highest BCUT2D eigenvalue weighted by atomic mass is 16.5. The van der Waals surface area contributed by atoms with Gasteiger partial charge >= 0.3 is 0 Å². The van der Waals surface area contributed by atoms with Gasteiger partial charge < -0.3 is 15.4 Å². The molecule has 0 unspecified atom stereocenters. The number of nitrogens with zero attached hydrogens (tertiary/aromatic N) is 2. The number of hydrogen-bond acceptors (Lipinski definition) is 4. The molecule has 2 N–H and O–H groups in total. The van der Waals surface area contributed by atoms with Crippen LogP contribution in [-0.4, -0.2) is 35.2 Å². The predicted molar refractivity (Wildman–Crippen MR) is 114 cm³/mol. The first-order valence-electron chi connectivity index (χ1n) is 10.0. The van der Waals surface area contributed by atoms with Gasteiger partial charge in [-0.15, -0.1) is 0 Å². The van der Waals surface area contributed by atoms with Gasteiger partial charge in [0.15, 0.2) is 5.69 Å². The summed E-state index contributed by atoms with van der Waals surface area (Å²) in [6.45, 7) is 0.466. The van der Waals surface area contributed by atoms with Crippen molar-refractivity contribution in [2.45, 2.75) is 19.3 Å². The van der Waals surface area contributed by atoms with Gasteiger partial charge in [0.25, 0.3) is 5.91 Å². The van der Waals surface area contributed by atoms with Gasteiger partial charge in [-0.1, -0.05) is 30.3 Å². The average Bonchev–Trinajstić information content (AvgIpc) is 3.55. The molecule has 2 amide bonds. The van der Waals surface area contributed by atoms with Gasteiger partial charge in [0.05, 0.1) is 12.8 Å². The molecule has 0 radical (unpaired) electrons. The summed E-state index contributed by atoms with van der Waals surface area (Å²) in [6.07, 6.45) is 2.49. The van der Waals surface area contributed by atoms with E-state index in [4.69, 9.17) is 4.74 Å². The second kappa shape index (κ2) is 8.82. The van der Waals surface area contributed by atoms with Crippen molar-refractivity contribution in [3.63, 3.8) is 0 Å². The van der Waals surface area contributed by atoms with E-state index in [1.54, 1.807) is 17.9 Å². The molecule has 7 heteroatoms. The Balaban J connectivity index is 1.46. The number of hydrogen-bond donors (Lipinski definition) is 2. The summed E-state index contributed by atoms with van der Waals surface area (Å²) in [5.41, 5.74) is 2.11. The monoisotopic (exact) mass is 404 g/mol. The van der Waals surface area contributed by atoms with Crippen molar-refractivity contribution in [1.29, 1.82) is 0 Å². The zero-order valence-corrected chi connectivity index (χ0v) is 16.8. The largest absolute Gasteiger partial charge is 0.497 e. The molecule has 154 valence electrons. The quantitative estimate of drug-likeness (QED) is 0.604. The number of carbonyl (C=O) groups excluding carboxylic acids is 2. The van der Waals surface area contributed by atoms with Crippen molar-refractivity contribution in [3.8, 4) is 11.4 Å². The van der Waals surface area contributed by atoms with E-state index in [1.807, 2.05) is 54.6 Å². The van der Waals surface area contributed by atoms with E-state index in [-0.39, 0.29) is 23.4 Å². The lowest BCUT2D eigenvalue weighted by molar-refractivity contribution is -0.117. The maximum absolute atomic E-state index is 12.7. The van der Waals surface area contributed by atoms with Crippen LogP contribution in [0.3, 0.4) is 0 Å². The molecule has 0 aliphatic heterocycles. The van der Waals surface area contributed by atoms with Gasteiger partial charge in [-0.2, -0.15) is 5.10 Å². The average molecular weight is 404 g/mol. The summed E-state index contributed by atoms with van der Waals surface area (Å²) < 4.78 is 6.82. The summed E-state index contributed by atoms with van der Waals surface area (Å²) in [6, 6.07) is 18.8. The normalized spacial score (nSPS) is 13.0. The fourth-order valence-corrected chi connectivity index (χ4v) is 3.16. The number of nitrogens with one attached hydrogen (secondary N) is 2. The Labute approximate surface area is 175 Å². The standard InChI is InChI=1S/C23H24N4O3/c1-30-19-9-5-6-16(14-19)12-13-24-23(29)20-15-21(25-22(28)17-10-11-17)27(26-20)18-7-3-2-4-8-18/h2-9,14-15,17H,10-13H2,1H3,(H,24,29)(H,25,28). The zero-order valence-electron chi connectivity index (χ0n) is 16.8. The molecule has 2 aromatic carbocycles. The molecule has 0 bridgehead atoms. The molecule has 30 heavy (non-hydrogen) atoms. The molecule has 1 fully saturated rings. The van der Waals surface area contributed by atoms with Crippen LogP contribution in [0.15, 0.2) is 60.7 Å². The van der Waals surface area contributed by atoms with E-state index < -0.39 is 0 Å². The molecule has 4 rings (SSSR count). The number of amides is 2. The van der Waals surface area contributed by atoms with Crippen LogP contribution < -0.4 is 15.4 Å². The molecule has 0 spiro atoms. The van der Waals surface area contributed by atoms with Crippen LogP contribution >= 0.6 is 0 Å². The highest BCUT2D eigenvalue weighted by molar-refractivity contribution is 5.97. The third-order valence-electron chi connectivity index (χ3n) is 4.98. The minimum atomic E-state index is -0.283. The third kappa shape index (κ3) is 4.68. The predicted octanol–water partition coefficient (Wildman–Crippen LogP) is 3.20. The molecule has 7 nitrogen and oxygen atoms in total. The molecule has 1 aromatic heterocycles. The Morgan fingerprint density at radius 2 is 1.90 bits per heavy atom. The van der Waals surface area contributed by atoms with Crippen LogP contribution in [0.1, 0.15) is 28.9 Å². The summed E-state index contributed by atoms with van der Waals surface area (Å²) >= 11 is 0. The van der Waals surface area contributed by atoms with Crippen molar-refractivity contribution < 1.29 is 14.3 Å². The number of carbonyl (C=O) groups is 2. The lowest BCUT2D eigenvalue weighted by atomic mass is 10.1. The Kier molecular flexibility index (Phi) is 5.79. The minimum absolute atomic E-state index is 0.0305. The fraction of sp³-hybridized carbons (Fsp3) is 0.261. The summed E-state index contributed by atoms with van der Waals surface area (Å²) in [5.74, 6) is 1.03. The van der Waals surface area contributed by atoms with Gasteiger partial charge in [0.1, 0.15) is 11.6 Å². The third-order valence-corrected chi connectivity index (χ3v) is 4.98. The summed E-state index contributed by atoms with van der Waals surface area (Å²) in [7, 11) is 1.63. The van der Waals surface area contributed by atoms with Crippen molar-refractivity contribution in [2.24, 2.45) is 5.92 Å². The number of para-hydroxylation sites is 1. The second-order valence-electron chi connectivity index (χ2n) is 7.28. The van der Waals surface area contributed by atoms with E-state index in [9.17, 15) is 9.59 Å². The van der Waals surface area contributed by atoms with Crippen LogP contribution in [0.25, 0.3) is 5.69 Å². The number of benzene rings is 2. The zero-order chi connectivity index (χ0) is 20.9. The van der Waals surface area contributed by atoms with Gasteiger partial charge in [0, 0.05) is 18.5 Å². The maximum Gasteiger partial charge on any atom is 0.271 e. The van der Waals surface area contributed by atoms with Crippen molar-refractivity contribution >= 4 is 17.6 Å². The Bertz CT molecular complexity index is 1040. The molecule has 1 aliphatic rings. The number of rotatable bonds is 8. The minimum Gasteiger partial charge on any atom is -0.497 e. The second-order valence-corrected chi connectivity index (χ2v) is 7.28. The molecule has 0 atom stereocenters. The van der Waals surface area contributed by atoms with Gasteiger partial charge in [-0.3, -0.25) is 9.59 Å². The topological polar surface area (TPSA) is 85.3 Å². The lowest BCUT2D eigenvalue weighted by Crippen LogP contribution is -2.26. The molecular formula is C23H24N4O3. The SMILES string of the molecule is COc1cccc(CCNC(=O)c2cc(NC(=O)C3CC3)n(-c3ccccc3)n2)c1. The summed E-state index contributed by atoms with van der Waals surface area (Å²) in [4.78, 5) is 24.9. The van der Waals surface area contributed by atoms with Crippen molar-refractivity contribution in [1.82, 2.24) is 15.1 Å². The Morgan fingerprint density at radius 1 is 1.10 bits per heavy atom. The molecular weight excluding hydrogens is 380 g/mol. The van der Waals surface area contributed by atoms with E-state index in [0.717, 1.165) is 29.8 Å². The van der Waals surface area contributed by atoms with Crippen LogP contribution in [-0.2, 0) is 11.2 Å². The van der Waals surface area contributed by atoms with E-state index >= 15 is 0 Å². The summed E-state index contributed by atoms with van der Waals surface area (Å²) in [5, 5.41) is 10.2. The smallest absolute Gasteiger partial charge is 0.271 e. The van der Waals surface area contributed by atoms with Gasteiger partial charge in [-0.05, 0) is 49.1 Å². The molecule has 1 saturated carbocycles. The highest BCUT2D eigenvalue weighted by Crippen LogP contribution is 2.30. The molecule has 1 heterocycles. The van der Waals surface area contributed by atoms with Crippen molar-refractivity contribution in [3.05, 3.63) is 71.9 Å². The number of anilines is 1. The van der Waals surface area contributed by atoms with Gasteiger partial charge in [-0.25, -0.2) is 4.68 Å². The van der Waals surface area contributed by atoms with Crippen molar-refractivity contribution in [2.75, 3.05) is 19.0 Å². The van der Waals surface area contributed by atoms with Crippen LogP contribution in [0.4, 0.5) is 5.82 Å². The van der Waals surface area contributed by atoms with E-state index in [2.05, 4.69) is 15.7 Å². The first kappa shape index (κ1) is 19.7.